The van der Waals surface area contributed by atoms with Crippen LogP contribution in [0.3, 0.4) is 0 Å². The maximum Gasteiger partial charge on any atom is 0.321 e. The normalized spacial score (nSPS) is 11.4. The lowest BCUT2D eigenvalue weighted by Crippen LogP contribution is -2.40. The Balaban J connectivity index is 1.48. The molecule has 0 bridgehead atoms. The van der Waals surface area contributed by atoms with Crippen molar-refractivity contribution in [3.8, 4) is 5.75 Å². The second-order valence-electron chi connectivity index (χ2n) is 6.74. The van der Waals surface area contributed by atoms with Gasteiger partial charge in [0.15, 0.2) is 0 Å². The quantitative estimate of drug-likeness (QED) is 0.563. The van der Waals surface area contributed by atoms with Gasteiger partial charge in [-0.15, -0.1) is 0 Å². The van der Waals surface area contributed by atoms with Crippen molar-refractivity contribution >= 4 is 11.9 Å². The third kappa shape index (κ3) is 5.68. The molecular formula is C24H24N2O4. The van der Waals surface area contributed by atoms with Crippen LogP contribution in [0.25, 0.3) is 0 Å². The average Bonchev–Trinajstić information content (AvgIpc) is 2.79. The van der Waals surface area contributed by atoms with Gasteiger partial charge in [0.1, 0.15) is 11.9 Å². The van der Waals surface area contributed by atoms with E-state index in [0.29, 0.717) is 24.1 Å². The molecule has 0 aliphatic carbocycles. The highest BCUT2D eigenvalue weighted by molar-refractivity contribution is 6.04. The number of methoxy groups -OCH3 is 1. The van der Waals surface area contributed by atoms with Crippen LogP contribution in [0.2, 0.25) is 0 Å². The topological polar surface area (TPSA) is 87.7 Å². The Morgan fingerprint density at radius 3 is 2.17 bits per heavy atom. The molecule has 3 N–H and O–H groups in total. The number of benzene rings is 3. The monoisotopic (exact) mass is 404 g/mol. The minimum Gasteiger partial charge on any atom is -0.497 e. The molecule has 0 spiro atoms. The first-order valence-corrected chi connectivity index (χ1v) is 9.62. The SMILES string of the molecule is COc1ccc(CCNC(=O)NC(=O)c2ccc(C(O)c3ccccc3)cc2)cc1. The standard InChI is InChI=1S/C24H24N2O4/c1-30-21-13-7-17(8-14-21)15-16-25-24(29)26-23(28)20-11-9-19(10-12-20)22(27)18-5-3-2-4-6-18/h2-14,22,27H,15-16H2,1H3,(H2,25,26,28,29). The first kappa shape index (κ1) is 21.1. The number of hydrogen-bond acceptors (Lipinski definition) is 4. The van der Waals surface area contributed by atoms with Crippen molar-refractivity contribution in [2.24, 2.45) is 0 Å². The molecular weight excluding hydrogens is 380 g/mol. The Hall–Kier alpha value is -3.64. The lowest BCUT2D eigenvalue weighted by Gasteiger charge is -2.12. The Kier molecular flexibility index (Phi) is 7.19. The smallest absolute Gasteiger partial charge is 0.321 e. The van der Waals surface area contributed by atoms with Crippen LogP contribution in [-0.4, -0.2) is 30.7 Å². The van der Waals surface area contributed by atoms with E-state index in [0.717, 1.165) is 16.9 Å². The van der Waals surface area contributed by atoms with E-state index < -0.39 is 18.0 Å². The molecule has 0 saturated carbocycles. The molecule has 30 heavy (non-hydrogen) atoms. The lowest BCUT2D eigenvalue weighted by molar-refractivity contribution is 0.0964. The molecule has 0 radical (unpaired) electrons. The average molecular weight is 404 g/mol. The fourth-order valence-electron chi connectivity index (χ4n) is 2.98. The number of ether oxygens (including phenoxy) is 1. The van der Waals surface area contributed by atoms with Crippen molar-refractivity contribution < 1.29 is 19.4 Å². The van der Waals surface area contributed by atoms with Gasteiger partial charge in [-0.25, -0.2) is 4.79 Å². The minimum absolute atomic E-state index is 0.337. The van der Waals surface area contributed by atoms with Gasteiger partial charge in [0.05, 0.1) is 7.11 Å². The summed E-state index contributed by atoms with van der Waals surface area (Å²) >= 11 is 0. The second kappa shape index (κ2) is 10.2. The van der Waals surface area contributed by atoms with Crippen LogP contribution in [0.15, 0.2) is 78.9 Å². The molecule has 0 aliphatic heterocycles. The van der Waals surface area contributed by atoms with Crippen LogP contribution < -0.4 is 15.4 Å². The predicted molar refractivity (Wildman–Crippen MR) is 115 cm³/mol. The second-order valence-corrected chi connectivity index (χ2v) is 6.74. The first-order valence-electron chi connectivity index (χ1n) is 9.62. The Morgan fingerprint density at radius 1 is 0.900 bits per heavy atom. The van der Waals surface area contributed by atoms with Gasteiger partial charge in [-0.2, -0.15) is 0 Å². The van der Waals surface area contributed by atoms with Crippen molar-refractivity contribution in [3.05, 3.63) is 101 Å². The highest BCUT2D eigenvalue weighted by atomic mass is 16.5. The number of imide groups is 1. The molecule has 0 fully saturated rings. The van der Waals surface area contributed by atoms with E-state index in [4.69, 9.17) is 4.74 Å². The molecule has 0 saturated heterocycles. The maximum atomic E-state index is 12.3. The van der Waals surface area contributed by atoms with Crippen molar-refractivity contribution in [3.63, 3.8) is 0 Å². The van der Waals surface area contributed by atoms with E-state index in [1.807, 2.05) is 54.6 Å². The van der Waals surface area contributed by atoms with E-state index >= 15 is 0 Å². The van der Waals surface area contributed by atoms with Gasteiger partial charge in [-0.3, -0.25) is 10.1 Å². The van der Waals surface area contributed by atoms with Crippen molar-refractivity contribution in [1.29, 1.82) is 0 Å². The molecule has 3 aromatic carbocycles. The van der Waals surface area contributed by atoms with Crippen LogP contribution in [0.5, 0.6) is 5.75 Å². The number of amides is 3. The zero-order valence-electron chi connectivity index (χ0n) is 16.7. The van der Waals surface area contributed by atoms with Gasteiger partial charge in [0.2, 0.25) is 0 Å². The molecule has 3 aromatic rings. The van der Waals surface area contributed by atoms with E-state index in [-0.39, 0.29) is 0 Å². The van der Waals surface area contributed by atoms with Gasteiger partial charge in [0.25, 0.3) is 5.91 Å². The van der Waals surface area contributed by atoms with Crippen molar-refractivity contribution in [1.82, 2.24) is 10.6 Å². The molecule has 1 atom stereocenters. The lowest BCUT2D eigenvalue weighted by atomic mass is 10.0. The highest BCUT2D eigenvalue weighted by Crippen LogP contribution is 2.21. The van der Waals surface area contributed by atoms with Crippen LogP contribution in [-0.2, 0) is 6.42 Å². The van der Waals surface area contributed by atoms with E-state index in [9.17, 15) is 14.7 Å². The summed E-state index contributed by atoms with van der Waals surface area (Å²) in [5.74, 6) is 0.273. The number of nitrogens with one attached hydrogen (secondary N) is 2. The molecule has 6 nitrogen and oxygen atoms in total. The van der Waals surface area contributed by atoms with Crippen LogP contribution >= 0.6 is 0 Å². The van der Waals surface area contributed by atoms with E-state index in [1.165, 1.54) is 0 Å². The molecule has 3 rings (SSSR count). The molecule has 6 heteroatoms. The van der Waals surface area contributed by atoms with Crippen LogP contribution in [0.4, 0.5) is 4.79 Å². The first-order chi connectivity index (χ1) is 14.6. The fourth-order valence-corrected chi connectivity index (χ4v) is 2.98. The van der Waals surface area contributed by atoms with Crippen LogP contribution in [0, 0.1) is 0 Å². The number of carbonyl (C=O) groups excluding carboxylic acids is 2. The molecule has 0 aromatic heterocycles. The molecule has 1 unspecified atom stereocenters. The third-order valence-electron chi connectivity index (χ3n) is 4.69. The van der Waals surface area contributed by atoms with Crippen molar-refractivity contribution in [2.45, 2.75) is 12.5 Å². The fraction of sp³-hybridized carbons (Fsp3) is 0.167. The van der Waals surface area contributed by atoms with Gasteiger partial charge in [-0.1, -0.05) is 54.6 Å². The molecule has 154 valence electrons. The van der Waals surface area contributed by atoms with E-state index in [2.05, 4.69) is 10.6 Å². The number of aliphatic hydroxyl groups is 1. The van der Waals surface area contributed by atoms with E-state index in [1.54, 1.807) is 31.4 Å². The largest absolute Gasteiger partial charge is 0.497 e. The Labute approximate surface area is 175 Å². The zero-order chi connectivity index (χ0) is 21.3. The Morgan fingerprint density at radius 2 is 1.53 bits per heavy atom. The predicted octanol–water partition coefficient (Wildman–Crippen LogP) is 3.46. The zero-order valence-corrected chi connectivity index (χ0v) is 16.7. The highest BCUT2D eigenvalue weighted by Gasteiger charge is 2.13. The Bertz CT molecular complexity index is 970. The summed E-state index contributed by atoms with van der Waals surface area (Å²) in [4.78, 5) is 24.2. The molecule has 3 amide bonds. The summed E-state index contributed by atoms with van der Waals surface area (Å²) in [6, 6.07) is 22.8. The third-order valence-corrected chi connectivity index (χ3v) is 4.69. The van der Waals surface area contributed by atoms with Gasteiger partial charge in [-0.05, 0) is 47.4 Å². The number of urea groups is 1. The summed E-state index contributed by atoms with van der Waals surface area (Å²) in [6.07, 6.45) is -0.137. The number of rotatable bonds is 7. The number of carbonyl (C=O) groups is 2. The summed E-state index contributed by atoms with van der Waals surface area (Å²) in [7, 11) is 1.61. The molecule has 0 aliphatic rings. The summed E-state index contributed by atoms with van der Waals surface area (Å²) in [5.41, 5.74) is 2.83. The minimum atomic E-state index is -0.774. The van der Waals surface area contributed by atoms with Gasteiger partial charge >= 0.3 is 6.03 Å². The van der Waals surface area contributed by atoms with Crippen LogP contribution in [0.1, 0.15) is 33.2 Å². The summed E-state index contributed by atoms with van der Waals surface area (Å²) in [5, 5.41) is 15.4. The number of aliphatic hydroxyl groups excluding tert-OH is 1. The summed E-state index contributed by atoms with van der Waals surface area (Å²) < 4.78 is 5.11. The van der Waals surface area contributed by atoms with Gasteiger partial charge < -0.3 is 15.2 Å². The summed E-state index contributed by atoms with van der Waals surface area (Å²) in [6.45, 7) is 0.396. The van der Waals surface area contributed by atoms with Gasteiger partial charge in [0, 0.05) is 12.1 Å². The number of hydrogen-bond donors (Lipinski definition) is 3. The maximum absolute atomic E-state index is 12.3. The van der Waals surface area contributed by atoms with Crippen molar-refractivity contribution in [2.75, 3.05) is 13.7 Å². The molecule has 0 heterocycles.